The number of nitrogens with zero attached hydrogens (tertiary/aromatic N) is 2. The van der Waals surface area contributed by atoms with E-state index in [4.69, 9.17) is 4.74 Å². The molecule has 0 aromatic heterocycles. The molecule has 1 aliphatic heterocycles. The highest BCUT2D eigenvalue weighted by Gasteiger charge is 2.30. The van der Waals surface area contributed by atoms with Crippen molar-refractivity contribution >= 4 is 26.0 Å². The second-order valence-corrected chi connectivity index (χ2v) is 13.1. The summed E-state index contributed by atoms with van der Waals surface area (Å²) in [4.78, 5) is 2.64. The fourth-order valence-electron chi connectivity index (χ4n) is 5.63. The van der Waals surface area contributed by atoms with Crippen LogP contribution in [0.4, 0.5) is 0 Å². The van der Waals surface area contributed by atoms with Crippen LogP contribution in [0.5, 0.6) is 5.75 Å². The fraction of sp³-hybridized carbons (Fsp3) is 0.769. The van der Waals surface area contributed by atoms with Crippen LogP contribution in [0.2, 0.25) is 0 Å². The second-order valence-electron chi connectivity index (χ2n) is 10.3. The van der Waals surface area contributed by atoms with Crippen LogP contribution in [-0.2, 0) is 16.4 Å². The Morgan fingerprint density at radius 1 is 1.09 bits per heavy atom. The summed E-state index contributed by atoms with van der Waals surface area (Å²) in [6.45, 7) is 10.2. The van der Waals surface area contributed by atoms with Crippen LogP contribution >= 0.6 is 15.9 Å². The van der Waals surface area contributed by atoms with Crippen LogP contribution in [-0.4, -0.2) is 62.2 Å². The molecule has 33 heavy (non-hydrogen) atoms. The number of benzene rings is 1. The molecule has 1 aromatic rings. The molecule has 0 unspecified atom stereocenters. The highest BCUT2D eigenvalue weighted by Crippen LogP contribution is 2.32. The number of rotatable bonds is 10. The van der Waals surface area contributed by atoms with E-state index < -0.39 is 10.0 Å². The molecule has 1 saturated heterocycles. The van der Waals surface area contributed by atoms with Crippen LogP contribution in [0.1, 0.15) is 71.3 Å². The Hall–Kier alpha value is -0.630. The Kier molecular flexibility index (Phi) is 10.1. The van der Waals surface area contributed by atoms with Gasteiger partial charge in [-0.2, -0.15) is 4.31 Å². The summed E-state index contributed by atoms with van der Waals surface area (Å²) in [6.07, 6.45) is 10.8. The molecule has 7 heteroatoms. The number of piperidine rings is 1. The Morgan fingerprint density at radius 2 is 1.76 bits per heavy atom. The molecule has 188 valence electrons. The lowest BCUT2D eigenvalue weighted by Gasteiger charge is -2.36. The molecule has 1 saturated carbocycles. The second kappa shape index (κ2) is 12.4. The van der Waals surface area contributed by atoms with Gasteiger partial charge in [-0.3, -0.25) is 0 Å². The lowest BCUT2D eigenvalue weighted by molar-refractivity contribution is 0.156. The number of halogens is 1. The molecule has 0 atom stereocenters. The van der Waals surface area contributed by atoms with Crippen molar-refractivity contribution in [3.05, 3.63) is 28.2 Å². The molecule has 3 rings (SSSR count). The number of hydrogen-bond donors (Lipinski definition) is 0. The maximum absolute atomic E-state index is 12.0. The molecule has 0 radical (unpaired) electrons. The normalized spacial score (nSPS) is 23.4. The Bertz CT molecular complexity index is 845. The summed E-state index contributed by atoms with van der Waals surface area (Å²) in [7, 11) is -3.08. The third-order valence-corrected chi connectivity index (χ3v) is 9.60. The van der Waals surface area contributed by atoms with Crippen molar-refractivity contribution in [2.24, 2.45) is 11.8 Å². The smallest absolute Gasteiger partial charge is 0.211 e. The van der Waals surface area contributed by atoms with Gasteiger partial charge in [0.1, 0.15) is 5.75 Å². The summed E-state index contributed by atoms with van der Waals surface area (Å²) in [6, 6.07) is 6.58. The quantitative estimate of drug-likeness (QED) is 0.379. The molecule has 0 bridgehead atoms. The largest absolute Gasteiger partial charge is 0.491 e. The molecule has 1 aliphatic carbocycles. The van der Waals surface area contributed by atoms with Gasteiger partial charge in [0.25, 0.3) is 0 Å². The van der Waals surface area contributed by atoms with E-state index in [-0.39, 0.29) is 12.1 Å². The van der Waals surface area contributed by atoms with E-state index in [9.17, 15) is 8.42 Å². The summed E-state index contributed by atoms with van der Waals surface area (Å²) < 4.78 is 32.8. The SMILES string of the molecule is CCN([C@H]1CC[C@H](CCN2CCC(Cc3cc(OC(C)C)ccc3Br)CC2)CC1)S(C)(=O)=O. The summed E-state index contributed by atoms with van der Waals surface area (Å²) in [5.74, 6) is 2.45. The van der Waals surface area contributed by atoms with Crippen LogP contribution in [0.3, 0.4) is 0 Å². The van der Waals surface area contributed by atoms with E-state index >= 15 is 0 Å². The minimum absolute atomic E-state index is 0.197. The van der Waals surface area contributed by atoms with E-state index in [0.29, 0.717) is 6.54 Å². The van der Waals surface area contributed by atoms with Gasteiger partial charge in [0, 0.05) is 17.1 Å². The zero-order valence-electron chi connectivity index (χ0n) is 20.9. The lowest BCUT2D eigenvalue weighted by Crippen LogP contribution is -2.42. The van der Waals surface area contributed by atoms with Crippen LogP contribution in [0.15, 0.2) is 22.7 Å². The van der Waals surface area contributed by atoms with Crippen molar-refractivity contribution in [3.63, 3.8) is 0 Å². The average Bonchev–Trinajstić information content (AvgIpc) is 2.76. The van der Waals surface area contributed by atoms with E-state index in [0.717, 1.165) is 49.7 Å². The number of sulfonamides is 1. The summed E-state index contributed by atoms with van der Waals surface area (Å²) in [5.41, 5.74) is 1.36. The summed E-state index contributed by atoms with van der Waals surface area (Å²) in [5, 5.41) is 0. The van der Waals surface area contributed by atoms with Crippen LogP contribution in [0, 0.1) is 11.8 Å². The molecule has 2 aliphatic rings. The third kappa shape index (κ3) is 8.22. The maximum Gasteiger partial charge on any atom is 0.211 e. The minimum atomic E-state index is -3.08. The molecular weight excluding hydrogens is 500 g/mol. The first-order valence-corrected chi connectivity index (χ1v) is 15.4. The zero-order chi connectivity index (χ0) is 24.0. The van der Waals surface area contributed by atoms with Gasteiger partial charge in [-0.15, -0.1) is 0 Å². The predicted octanol–water partition coefficient (Wildman–Crippen LogP) is 5.72. The first-order valence-electron chi connectivity index (χ1n) is 12.8. The lowest BCUT2D eigenvalue weighted by atomic mass is 9.83. The van der Waals surface area contributed by atoms with Crippen LogP contribution in [0.25, 0.3) is 0 Å². The minimum Gasteiger partial charge on any atom is -0.491 e. The van der Waals surface area contributed by atoms with Gasteiger partial charge in [0.05, 0.1) is 12.4 Å². The fourth-order valence-corrected chi connectivity index (χ4v) is 7.26. The third-order valence-electron chi connectivity index (χ3n) is 7.42. The molecule has 0 amide bonds. The van der Waals surface area contributed by atoms with E-state index in [1.54, 1.807) is 4.31 Å². The van der Waals surface area contributed by atoms with Crippen molar-refractivity contribution in [2.45, 2.75) is 84.3 Å². The molecule has 1 aromatic carbocycles. The molecule has 2 fully saturated rings. The van der Waals surface area contributed by atoms with Gasteiger partial charge in [-0.1, -0.05) is 22.9 Å². The van der Waals surface area contributed by atoms with Gasteiger partial charge in [-0.05, 0) is 120 Å². The first-order chi connectivity index (χ1) is 15.7. The molecular formula is C26H43BrN2O3S. The zero-order valence-corrected chi connectivity index (χ0v) is 23.3. The number of likely N-dealkylation sites (tertiary alicyclic amines) is 1. The Labute approximate surface area is 210 Å². The first kappa shape index (κ1) is 27.0. The number of hydrogen-bond acceptors (Lipinski definition) is 4. The van der Waals surface area contributed by atoms with Gasteiger partial charge in [-0.25, -0.2) is 8.42 Å². The van der Waals surface area contributed by atoms with Crippen molar-refractivity contribution in [3.8, 4) is 5.75 Å². The molecule has 1 heterocycles. The van der Waals surface area contributed by atoms with Gasteiger partial charge < -0.3 is 9.64 Å². The van der Waals surface area contributed by atoms with Gasteiger partial charge in [0.15, 0.2) is 0 Å². The van der Waals surface area contributed by atoms with E-state index in [2.05, 4.69) is 46.8 Å². The van der Waals surface area contributed by atoms with Crippen molar-refractivity contribution < 1.29 is 13.2 Å². The topological polar surface area (TPSA) is 49.9 Å². The standard InChI is InChI=1S/C26H43BrN2O3S/c1-5-29(33(4,30)31)24-8-6-21(7-9-24)12-15-28-16-13-22(14-17-28)18-23-19-25(32-20(2)3)10-11-26(23)27/h10-11,19-22,24H,5-9,12-18H2,1-4H3/t21-,24-. The van der Waals surface area contributed by atoms with Gasteiger partial charge >= 0.3 is 0 Å². The Balaban J connectivity index is 1.39. The summed E-state index contributed by atoms with van der Waals surface area (Å²) >= 11 is 3.73. The monoisotopic (exact) mass is 542 g/mol. The average molecular weight is 544 g/mol. The van der Waals surface area contributed by atoms with Crippen molar-refractivity contribution in [1.29, 1.82) is 0 Å². The van der Waals surface area contributed by atoms with E-state index in [1.807, 2.05) is 13.0 Å². The number of ether oxygens (including phenoxy) is 1. The molecule has 5 nitrogen and oxygen atoms in total. The highest BCUT2D eigenvalue weighted by molar-refractivity contribution is 9.10. The van der Waals surface area contributed by atoms with Gasteiger partial charge in [0.2, 0.25) is 10.0 Å². The Morgan fingerprint density at radius 3 is 2.33 bits per heavy atom. The molecule has 0 spiro atoms. The van der Waals surface area contributed by atoms with Crippen molar-refractivity contribution in [1.82, 2.24) is 9.21 Å². The highest BCUT2D eigenvalue weighted by atomic mass is 79.9. The van der Waals surface area contributed by atoms with E-state index in [1.165, 1.54) is 55.2 Å². The van der Waals surface area contributed by atoms with Crippen LogP contribution < -0.4 is 4.74 Å². The maximum atomic E-state index is 12.0. The van der Waals surface area contributed by atoms with Crippen molar-refractivity contribution in [2.75, 3.05) is 32.4 Å². The molecule has 0 N–H and O–H groups in total. The predicted molar refractivity (Wildman–Crippen MR) is 140 cm³/mol.